The number of rotatable bonds is 2. The summed E-state index contributed by atoms with van der Waals surface area (Å²) in [6, 6.07) is 0.734. The Labute approximate surface area is 122 Å². The second-order valence-corrected chi connectivity index (χ2v) is 4.59. The number of ether oxygens (including phenoxy) is 1. The van der Waals surface area contributed by atoms with E-state index >= 15 is 0 Å². The predicted octanol–water partition coefficient (Wildman–Crippen LogP) is 2.03. The van der Waals surface area contributed by atoms with E-state index in [1.165, 1.54) is 17.7 Å². The SMILES string of the molecule is CCOC(=O)c1cn2c3c(c(F)c(F)cc3c1=O)ON=C2C. The lowest BCUT2D eigenvalue weighted by Crippen LogP contribution is -2.25. The van der Waals surface area contributed by atoms with Gasteiger partial charge >= 0.3 is 5.97 Å². The molecule has 1 aromatic carbocycles. The Hall–Kier alpha value is -2.77. The van der Waals surface area contributed by atoms with E-state index in [0.717, 1.165) is 6.07 Å². The van der Waals surface area contributed by atoms with Gasteiger partial charge in [0, 0.05) is 6.20 Å². The fourth-order valence-corrected chi connectivity index (χ4v) is 2.25. The van der Waals surface area contributed by atoms with Crippen LogP contribution in [0.25, 0.3) is 10.9 Å². The molecule has 3 rings (SSSR count). The summed E-state index contributed by atoms with van der Waals surface area (Å²) in [7, 11) is 0. The zero-order valence-electron chi connectivity index (χ0n) is 11.6. The maximum absolute atomic E-state index is 13.8. The molecule has 6 nitrogen and oxygen atoms in total. The van der Waals surface area contributed by atoms with Gasteiger partial charge in [0.2, 0.25) is 17.0 Å². The van der Waals surface area contributed by atoms with Crippen LogP contribution >= 0.6 is 0 Å². The first kappa shape index (κ1) is 14.2. The molecule has 0 unspecified atom stereocenters. The fourth-order valence-electron chi connectivity index (χ4n) is 2.25. The molecule has 0 saturated carbocycles. The normalized spacial score (nSPS) is 12.8. The van der Waals surface area contributed by atoms with Crippen molar-refractivity contribution >= 4 is 22.7 Å². The van der Waals surface area contributed by atoms with E-state index in [4.69, 9.17) is 9.57 Å². The summed E-state index contributed by atoms with van der Waals surface area (Å²) in [6.07, 6.45) is 1.19. The molecule has 1 aliphatic rings. The Balaban J connectivity index is 2.45. The second kappa shape index (κ2) is 4.90. The number of nitrogens with zero attached hydrogens (tertiary/aromatic N) is 2. The minimum Gasteiger partial charge on any atom is -0.462 e. The lowest BCUT2D eigenvalue weighted by molar-refractivity contribution is 0.0524. The molecule has 0 saturated heterocycles. The van der Waals surface area contributed by atoms with Crippen molar-refractivity contribution in [3.63, 3.8) is 0 Å². The monoisotopic (exact) mass is 308 g/mol. The van der Waals surface area contributed by atoms with Crippen molar-refractivity contribution in [2.24, 2.45) is 5.16 Å². The molecule has 8 heteroatoms. The molecule has 0 bridgehead atoms. The van der Waals surface area contributed by atoms with Gasteiger partial charge in [0.05, 0.1) is 12.0 Å². The summed E-state index contributed by atoms with van der Waals surface area (Å²) >= 11 is 0. The molecule has 1 aliphatic heterocycles. The third kappa shape index (κ3) is 1.87. The molecule has 114 valence electrons. The van der Waals surface area contributed by atoms with Crippen LogP contribution in [-0.4, -0.2) is 23.0 Å². The van der Waals surface area contributed by atoms with Crippen molar-refractivity contribution in [2.75, 3.05) is 6.61 Å². The summed E-state index contributed by atoms with van der Waals surface area (Å²) in [6.45, 7) is 3.20. The van der Waals surface area contributed by atoms with Gasteiger partial charge in [0.25, 0.3) is 0 Å². The van der Waals surface area contributed by atoms with E-state index in [-0.39, 0.29) is 28.9 Å². The molecular weight excluding hydrogens is 298 g/mol. The predicted molar refractivity (Wildman–Crippen MR) is 73.2 cm³/mol. The first-order valence-electron chi connectivity index (χ1n) is 6.42. The van der Waals surface area contributed by atoms with Crippen LogP contribution in [-0.2, 0) is 4.74 Å². The Morgan fingerprint density at radius 2 is 2.18 bits per heavy atom. The minimum atomic E-state index is -1.26. The molecular formula is C14H10F2N2O4. The Kier molecular flexibility index (Phi) is 3.16. The number of hydrogen-bond acceptors (Lipinski definition) is 5. The lowest BCUT2D eigenvalue weighted by atomic mass is 10.1. The van der Waals surface area contributed by atoms with E-state index in [2.05, 4.69) is 5.16 Å². The quantitative estimate of drug-likeness (QED) is 0.796. The molecule has 0 N–H and O–H groups in total. The topological polar surface area (TPSA) is 69.9 Å². The number of carbonyl (C=O) groups excluding carboxylic acids is 1. The van der Waals surface area contributed by atoms with Gasteiger partial charge in [0.15, 0.2) is 11.7 Å². The maximum Gasteiger partial charge on any atom is 0.343 e. The van der Waals surface area contributed by atoms with Crippen molar-refractivity contribution in [1.82, 2.24) is 4.57 Å². The molecule has 0 spiro atoms. The van der Waals surface area contributed by atoms with Crippen LogP contribution in [0, 0.1) is 11.6 Å². The van der Waals surface area contributed by atoms with E-state index in [0.29, 0.717) is 0 Å². The Morgan fingerprint density at radius 3 is 2.86 bits per heavy atom. The molecule has 0 aliphatic carbocycles. The van der Waals surface area contributed by atoms with E-state index in [9.17, 15) is 18.4 Å². The zero-order valence-corrected chi connectivity index (χ0v) is 11.6. The summed E-state index contributed by atoms with van der Waals surface area (Å²) in [5, 5.41) is 3.41. The Bertz CT molecular complexity index is 902. The summed E-state index contributed by atoms with van der Waals surface area (Å²) < 4.78 is 33.5. The number of hydrogen-bond donors (Lipinski definition) is 0. The van der Waals surface area contributed by atoms with E-state index in [1.807, 2.05) is 0 Å². The van der Waals surface area contributed by atoms with Crippen LogP contribution in [0.2, 0.25) is 0 Å². The second-order valence-electron chi connectivity index (χ2n) is 4.59. The number of carbonyl (C=O) groups is 1. The Morgan fingerprint density at radius 1 is 1.45 bits per heavy atom. The number of aromatic nitrogens is 1. The standard InChI is InChI=1S/C14H10F2N2O4/c1-3-21-14(20)8-5-18-6(2)17-22-13-10(16)9(15)4-7(11(13)18)12(8)19/h4-5H,3H2,1-2H3. The molecule has 0 fully saturated rings. The van der Waals surface area contributed by atoms with Crippen molar-refractivity contribution in [3.8, 4) is 5.75 Å². The average molecular weight is 308 g/mol. The molecule has 2 aromatic rings. The highest BCUT2D eigenvalue weighted by Crippen LogP contribution is 2.32. The van der Waals surface area contributed by atoms with Gasteiger partial charge in [-0.25, -0.2) is 9.18 Å². The number of oxime groups is 1. The number of halogens is 2. The van der Waals surface area contributed by atoms with E-state index in [1.54, 1.807) is 6.92 Å². The van der Waals surface area contributed by atoms with Crippen LogP contribution in [0.4, 0.5) is 8.78 Å². The first-order valence-corrected chi connectivity index (χ1v) is 6.42. The van der Waals surface area contributed by atoms with Gasteiger partial charge in [-0.1, -0.05) is 5.16 Å². The lowest BCUT2D eigenvalue weighted by Gasteiger charge is -2.18. The summed E-state index contributed by atoms with van der Waals surface area (Å²) in [5.74, 6) is -3.59. The van der Waals surface area contributed by atoms with Crippen molar-refractivity contribution in [2.45, 2.75) is 13.8 Å². The van der Waals surface area contributed by atoms with Crippen LogP contribution in [0.1, 0.15) is 24.2 Å². The molecule has 1 aromatic heterocycles. The van der Waals surface area contributed by atoms with Crippen molar-refractivity contribution < 1.29 is 23.1 Å². The largest absolute Gasteiger partial charge is 0.462 e. The zero-order chi connectivity index (χ0) is 16.0. The minimum absolute atomic E-state index is 0.0180. The maximum atomic E-state index is 13.8. The van der Waals surface area contributed by atoms with Gasteiger partial charge in [-0.05, 0) is 19.9 Å². The van der Waals surface area contributed by atoms with Gasteiger partial charge in [-0.3, -0.25) is 9.36 Å². The summed E-state index contributed by atoms with van der Waals surface area (Å²) in [4.78, 5) is 29.0. The highest BCUT2D eigenvalue weighted by Gasteiger charge is 2.27. The van der Waals surface area contributed by atoms with Crippen LogP contribution in [0.5, 0.6) is 5.75 Å². The highest BCUT2D eigenvalue weighted by atomic mass is 19.2. The van der Waals surface area contributed by atoms with Crippen LogP contribution < -0.4 is 10.3 Å². The molecule has 22 heavy (non-hydrogen) atoms. The molecule has 2 heterocycles. The van der Waals surface area contributed by atoms with Gasteiger partial charge in [-0.15, -0.1) is 0 Å². The molecule has 0 radical (unpaired) electrons. The van der Waals surface area contributed by atoms with E-state index < -0.39 is 28.8 Å². The van der Waals surface area contributed by atoms with Crippen molar-refractivity contribution in [3.05, 3.63) is 39.7 Å². The number of pyridine rings is 1. The first-order chi connectivity index (χ1) is 10.5. The molecule has 0 atom stereocenters. The third-order valence-corrected chi connectivity index (χ3v) is 3.25. The van der Waals surface area contributed by atoms with Gasteiger partial charge < -0.3 is 9.57 Å². The third-order valence-electron chi connectivity index (χ3n) is 3.25. The van der Waals surface area contributed by atoms with Crippen LogP contribution in [0.15, 0.2) is 22.2 Å². The van der Waals surface area contributed by atoms with Gasteiger partial charge in [-0.2, -0.15) is 4.39 Å². The van der Waals surface area contributed by atoms with Gasteiger partial charge in [0.1, 0.15) is 11.1 Å². The number of benzene rings is 1. The highest BCUT2D eigenvalue weighted by molar-refractivity contribution is 6.01. The number of esters is 1. The smallest absolute Gasteiger partial charge is 0.343 e. The fraction of sp³-hybridized carbons (Fsp3) is 0.214. The van der Waals surface area contributed by atoms with Crippen molar-refractivity contribution in [1.29, 1.82) is 0 Å². The summed E-state index contributed by atoms with van der Waals surface area (Å²) in [5.41, 5.74) is -1.03. The molecule has 0 amide bonds. The average Bonchev–Trinajstić information content (AvgIpc) is 2.48. The van der Waals surface area contributed by atoms with Crippen LogP contribution in [0.3, 0.4) is 0 Å².